The maximum atomic E-state index is 14.4. The van der Waals surface area contributed by atoms with Crippen molar-refractivity contribution in [1.82, 2.24) is 0 Å². The van der Waals surface area contributed by atoms with Gasteiger partial charge < -0.3 is 23.5 Å². The predicted octanol–water partition coefficient (Wildman–Crippen LogP) is 6.83. The molecule has 0 aliphatic carbocycles. The molecule has 1 aromatic heterocycles. The lowest BCUT2D eigenvalue weighted by Gasteiger charge is -2.20. The molecule has 1 saturated heterocycles. The Morgan fingerprint density at radius 1 is 0.930 bits per heavy atom. The molecule has 7 nitrogen and oxygen atoms in total. The van der Waals surface area contributed by atoms with E-state index in [1.54, 1.807) is 12.1 Å². The van der Waals surface area contributed by atoms with Gasteiger partial charge in [-0.3, -0.25) is 4.79 Å². The van der Waals surface area contributed by atoms with Gasteiger partial charge in [-0.2, -0.15) is 13.2 Å². The molecule has 0 radical (unpaired) electrons. The molecular weight excluding hydrogens is 587 g/mol. The van der Waals surface area contributed by atoms with Crippen LogP contribution in [0.5, 0.6) is 23.0 Å². The molecule has 3 aromatic carbocycles. The third kappa shape index (κ3) is 7.14. The molecule has 0 bridgehead atoms. The number of alkyl halides is 3. The van der Waals surface area contributed by atoms with E-state index in [1.807, 2.05) is 6.92 Å². The second-order valence-electron chi connectivity index (χ2n) is 10.3. The summed E-state index contributed by atoms with van der Waals surface area (Å²) in [5.41, 5.74) is -0.871. The number of benzene rings is 3. The summed E-state index contributed by atoms with van der Waals surface area (Å²) in [7, 11) is 0. The van der Waals surface area contributed by atoms with Gasteiger partial charge in [-0.15, -0.1) is 0 Å². The lowest BCUT2D eigenvalue weighted by Crippen LogP contribution is -3.10. The molecule has 0 unspecified atom stereocenters. The molecule has 0 amide bonds. The number of rotatable bonds is 8. The maximum Gasteiger partial charge on any atom is 0.453 e. The van der Waals surface area contributed by atoms with E-state index in [9.17, 15) is 22.8 Å². The van der Waals surface area contributed by atoms with E-state index in [1.165, 1.54) is 48.5 Å². The van der Waals surface area contributed by atoms with Gasteiger partial charge in [-0.05, 0) is 93.3 Å². The van der Waals surface area contributed by atoms with Crippen LogP contribution < -0.4 is 24.5 Å². The van der Waals surface area contributed by atoms with Crippen molar-refractivity contribution in [2.45, 2.75) is 45.3 Å². The fourth-order valence-electron chi connectivity index (χ4n) is 5.11. The van der Waals surface area contributed by atoms with Crippen molar-refractivity contribution < 1.29 is 41.5 Å². The highest BCUT2D eigenvalue weighted by atomic mass is 35.5. The monoisotopic (exact) mass is 616 g/mol. The predicted molar refractivity (Wildman–Crippen MR) is 154 cm³/mol. The van der Waals surface area contributed by atoms with E-state index in [0.717, 1.165) is 43.7 Å². The van der Waals surface area contributed by atoms with Crippen molar-refractivity contribution in [2.75, 3.05) is 19.7 Å². The van der Waals surface area contributed by atoms with Crippen LogP contribution in [0.2, 0.25) is 5.02 Å². The smallest absolute Gasteiger partial charge is 0.453 e. The topological polar surface area (TPSA) is 79.4 Å². The highest BCUT2D eigenvalue weighted by Gasteiger charge is 2.41. The third-order valence-corrected chi connectivity index (χ3v) is 7.46. The number of carbonyl (C=O) groups excluding carboxylic acids is 1. The van der Waals surface area contributed by atoms with Gasteiger partial charge in [0, 0.05) is 5.02 Å². The lowest BCUT2D eigenvalue weighted by molar-refractivity contribution is -0.913. The first-order chi connectivity index (χ1) is 20.6. The Morgan fingerprint density at radius 2 is 1.58 bits per heavy atom. The summed E-state index contributed by atoms with van der Waals surface area (Å²) in [5, 5.41) is 0.226. The van der Waals surface area contributed by atoms with Gasteiger partial charge in [0.05, 0.1) is 36.2 Å². The Bertz CT molecular complexity index is 1640. The standard InChI is InChI=1S/C32H29ClF3NO6/c1-2-40-22-11-7-20(8-12-22)31(39)42-26-16-15-24-27(38)29(41-23-13-9-21(33)10-14-23)30(32(34,35)36)43-28(24)25(26)19-37-17-5-3-4-6-18-37/h7-16H,2-6,17-19H2,1H3/p+1. The van der Waals surface area contributed by atoms with E-state index < -0.39 is 29.1 Å². The van der Waals surface area contributed by atoms with E-state index >= 15 is 0 Å². The van der Waals surface area contributed by atoms with Crippen molar-refractivity contribution in [3.8, 4) is 23.0 Å². The number of fused-ring (bicyclic) bond motifs is 1. The molecule has 11 heteroatoms. The molecule has 226 valence electrons. The second kappa shape index (κ2) is 13.1. The number of esters is 1. The average molecular weight is 617 g/mol. The Balaban J connectivity index is 1.62. The number of ether oxygens (including phenoxy) is 3. The van der Waals surface area contributed by atoms with Crippen LogP contribution in [0, 0.1) is 0 Å². The third-order valence-electron chi connectivity index (χ3n) is 7.21. The second-order valence-corrected chi connectivity index (χ2v) is 10.7. The molecule has 1 aliphatic heterocycles. The van der Waals surface area contributed by atoms with Crippen LogP contribution in [-0.2, 0) is 12.7 Å². The molecule has 2 heterocycles. The molecule has 1 aliphatic rings. The van der Waals surface area contributed by atoms with Gasteiger partial charge in [0.15, 0.2) is 5.58 Å². The molecule has 0 spiro atoms. The zero-order chi connectivity index (χ0) is 30.6. The summed E-state index contributed by atoms with van der Waals surface area (Å²) in [6.07, 6.45) is -1.07. The number of likely N-dealkylation sites (tertiary alicyclic amines) is 1. The normalized spacial score (nSPS) is 14.3. The number of carbonyl (C=O) groups is 1. The van der Waals surface area contributed by atoms with E-state index in [-0.39, 0.29) is 40.1 Å². The highest BCUT2D eigenvalue weighted by Crippen LogP contribution is 2.40. The van der Waals surface area contributed by atoms with Crippen LogP contribution in [0.25, 0.3) is 11.0 Å². The zero-order valence-corrected chi connectivity index (χ0v) is 24.1. The Kier molecular flexibility index (Phi) is 9.27. The maximum absolute atomic E-state index is 14.4. The average Bonchev–Trinajstić information content (AvgIpc) is 3.25. The van der Waals surface area contributed by atoms with Crippen molar-refractivity contribution in [3.63, 3.8) is 0 Å². The number of hydrogen-bond acceptors (Lipinski definition) is 6. The van der Waals surface area contributed by atoms with Crippen molar-refractivity contribution in [1.29, 1.82) is 0 Å². The van der Waals surface area contributed by atoms with E-state index in [0.29, 0.717) is 17.4 Å². The van der Waals surface area contributed by atoms with Crippen molar-refractivity contribution in [3.05, 3.63) is 92.8 Å². The van der Waals surface area contributed by atoms with E-state index in [2.05, 4.69) is 0 Å². The van der Waals surface area contributed by atoms with Crippen LogP contribution in [0.15, 0.2) is 69.9 Å². The summed E-state index contributed by atoms with van der Waals surface area (Å²) in [6, 6.07) is 14.6. The van der Waals surface area contributed by atoms with Gasteiger partial charge in [0.1, 0.15) is 23.8 Å². The molecule has 1 fully saturated rings. The van der Waals surface area contributed by atoms with Crippen LogP contribution in [-0.4, -0.2) is 25.7 Å². The fraction of sp³-hybridized carbons (Fsp3) is 0.312. The first-order valence-electron chi connectivity index (χ1n) is 14.1. The van der Waals surface area contributed by atoms with Crippen molar-refractivity contribution >= 4 is 28.5 Å². The SMILES string of the molecule is CCOc1ccc(C(=O)Oc2ccc3c(=O)c(Oc4ccc(Cl)cc4)c(C(F)(F)F)oc3c2C[NH+]2CCCCCC2)cc1. The first-order valence-corrected chi connectivity index (χ1v) is 14.4. The van der Waals surface area contributed by atoms with Gasteiger partial charge in [-0.25, -0.2) is 4.79 Å². The lowest BCUT2D eigenvalue weighted by atomic mass is 10.1. The van der Waals surface area contributed by atoms with Crippen molar-refractivity contribution in [2.24, 2.45) is 0 Å². The Morgan fingerprint density at radius 3 is 2.21 bits per heavy atom. The van der Waals surface area contributed by atoms with Crippen LogP contribution in [0.3, 0.4) is 0 Å². The van der Waals surface area contributed by atoms with Gasteiger partial charge in [-0.1, -0.05) is 11.6 Å². The van der Waals surface area contributed by atoms with Gasteiger partial charge in [0.2, 0.25) is 11.2 Å². The molecule has 4 aromatic rings. The molecule has 43 heavy (non-hydrogen) atoms. The van der Waals surface area contributed by atoms with Gasteiger partial charge in [0.25, 0.3) is 5.76 Å². The quantitative estimate of drug-likeness (QED) is 0.173. The first kappa shape index (κ1) is 30.4. The summed E-state index contributed by atoms with van der Waals surface area (Å²) in [4.78, 5) is 27.8. The molecule has 0 atom stereocenters. The number of halogens is 4. The minimum Gasteiger partial charge on any atom is -0.494 e. The summed E-state index contributed by atoms with van der Waals surface area (Å²) >= 11 is 5.89. The molecule has 5 rings (SSSR count). The van der Waals surface area contributed by atoms with E-state index in [4.69, 9.17) is 30.2 Å². The molecular formula is C32H30ClF3NO6+. The summed E-state index contributed by atoms with van der Waals surface area (Å²) < 4.78 is 65.2. The fourth-order valence-corrected chi connectivity index (χ4v) is 5.24. The number of nitrogens with one attached hydrogen (secondary N) is 1. The molecule has 1 N–H and O–H groups in total. The summed E-state index contributed by atoms with van der Waals surface area (Å²) in [6.45, 7) is 4.04. The Hall–Kier alpha value is -4.02. The summed E-state index contributed by atoms with van der Waals surface area (Å²) in [5.74, 6) is -2.71. The zero-order valence-electron chi connectivity index (χ0n) is 23.4. The van der Waals surface area contributed by atoms with Crippen LogP contribution in [0.4, 0.5) is 13.2 Å². The minimum absolute atomic E-state index is 0.0170. The largest absolute Gasteiger partial charge is 0.494 e. The Labute approximate surface area is 250 Å². The minimum atomic E-state index is -5.06. The number of quaternary nitrogens is 1. The van der Waals surface area contributed by atoms with Gasteiger partial charge >= 0.3 is 12.1 Å². The highest BCUT2D eigenvalue weighted by molar-refractivity contribution is 6.30. The van der Waals surface area contributed by atoms with Crippen LogP contribution in [0.1, 0.15) is 54.3 Å². The molecule has 0 saturated carbocycles. The van der Waals surface area contributed by atoms with Crippen LogP contribution >= 0.6 is 11.6 Å². The number of hydrogen-bond donors (Lipinski definition) is 1.